The highest BCUT2D eigenvalue weighted by Crippen LogP contribution is 2.40. The summed E-state index contributed by atoms with van der Waals surface area (Å²) in [6, 6.07) is 6.49. The molecule has 194 valence electrons. The van der Waals surface area contributed by atoms with E-state index in [1.807, 2.05) is 0 Å². The molecule has 3 fully saturated rings. The number of alkyl halides is 3. The van der Waals surface area contributed by atoms with Crippen molar-refractivity contribution in [1.82, 2.24) is 10.6 Å². The lowest BCUT2D eigenvalue weighted by atomic mass is 9.82. The minimum absolute atomic E-state index is 0.00765. The first-order chi connectivity index (χ1) is 16.7. The summed E-state index contributed by atoms with van der Waals surface area (Å²) in [5.74, 6) is -1.62. The number of para-hydroxylation sites is 1. The molecule has 1 amide bonds. The number of nitrogens with one attached hydrogen (secondary N) is 2. The van der Waals surface area contributed by atoms with E-state index in [4.69, 9.17) is 19.3 Å². The van der Waals surface area contributed by atoms with Gasteiger partial charge in [0, 0.05) is 0 Å². The first-order valence-corrected chi connectivity index (χ1v) is 11.9. The molecule has 3 atom stereocenters. The van der Waals surface area contributed by atoms with Crippen LogP contribution in [0.5, 0.6) is 5.75 Å². The summed E-state index contributed by atoms with van der Waals surface area (Å²) in [5, 5.41) is 15.3. The number of halogens is 3. The number of aliphatic carboxylic acids is 1. The number of carbonyl (C=O) groups is 2. The summed E-state index contributed by atoms with van der Waals surface area (Å²) < 4.78 is 56.8. The normalized spacial score (nSPS) is 30.1. The van der Waals surface area contributed by atoms with Crippen molar-refractivity contribution in [3.05, 3.63) is 29.8 Å². The highest BCUT2D eigenvalue weighted by Gasteiger charge is 2.47. The van der Waals surface area contributed by atoms with Gasteiger partial charge in [-0.2, -0.15) is 13.2 Å². The van der Waals surface area contributed by atoms with E-state index in [1.165, 1.54) is 6.07 Å². The zero-order valence-electron chi connectivity index (χ0n) is 19.3. The summed E-state index contributed by atoms with van der Waals surface area (Å²) >= 11 is 0. The Balaban J connectivity index is 1.33. The van der Waals surface area contributed by atoms with Gasteiger partial charge in [-0.15, -0.1) is 0 Å². The molecular formula is C24H31F3N2O6. The molecule has 2 heterocycles. The molecule has 0 bridgehead atoms. The Morgan fingerprint density at radius 1 is 1.23 bits per heavy atom. The standard InChI is InChI=1S/C24H31F3N2O6/c25-24(26,27)20(11-22(31)32)35-18-4-2-1-3-17(18)15-5-7-16(8-6-15)34-12-19-23(9-10-28-19)14-33-13-21(30)29-23/h1-4,15-16,19-20,28H,5-14H2,(H,29,30)(H,31,32)/t15?,16?,19-,20?,23+/m0/s1. The molecule has 2 aliphatic heterocycles. The van der Waals surface area contributed by atoms with Gasteiger partial charge in [-0.05, 0) is 56.2 Å². The van der Waals surface area contributed by atoms with Crippen LogP contribution in [0.3, 0.4) is 0 Å². The van der Waals surface area contributed by atoms with Crippen LogP contribution in [0.4, 0.5) is 13.2 Å². The van der Waals surface area contributed by atoms with Crippen LogP contribution in [0.15, 0.2) is 24.3 Å². The van der Waals surface area contributed by atoms with Gasteiger partial charge >= 0.3 is 12.1 Å². The molecule has 1 aromatic rings. The van der Waals surface area contributed by atoms with Crippen LogP contribution in [0, 0.1) is 0 Å². The predicted molar refractivity (Wildman–Crippen MR) is 118 cm³/mol. The predicted octanol–water partition coefficient (Wildman–Crippen LogP) is 2.76. The number of carbonyl (C=O) groups excluding carboxylic acids is 1. The third kappa shape index (κ3) is 6.25. The van der Waals surface area contributed by atoms with Crippen LogP contribution in [0.2, 0.25) is 0 Å². The summed E-state index contributed by atoms with van der Waals surface area (Å²) in [7, 11) is 0. The summed E-state index contributed by atoms with van der Waals surface area (Å²) in [5.41, 5.74) is 0.206. The lowest BCUT2D eigenvalue weighted by Crippen LogP contribution is -2.64. The number of amides is 1. The van der Waals surface area contributed by atoms with Crippen LogP contribution in [0.1, 0.15) is 50.0 Å². The van der Waals surface area contributed by atoms with E-state index in [1.54, 1.807) is 18.2 Å². The van der Waals surface area contributed by atoms with Crippen molar-refractivity contribution in [2.75, 3.05) is 26.4 Å². The zero-order valence-corrected chi connectivity index (χ0v) is 19.3. The maximum Gasteiger partial charge on any atom is 0.426 e. The topological polar surface area (TPSA) is 106 Å². The van der Waals surface area contributed by atoms with Crippen LogP contribution >= 0.6 is 0 Å². The average molecular weight is 501 g/mol. The van der Waals surface area contributed by atoms with Crippen LogP contribution in [-0.2, 0) is 19.1 Å². The van der Waals surface area contributed by atoms with Crippen molar-refractivity contribution >= 4 is 11.9 Å². The number of rotatable bonds is 8. The van der Waals surface area contributed by atoms with Crippen LogP contribution < -0.4 is 15.4 Å². The Hall–Kier alpha value is -2.37. The Kier molecular flexibility index (Phi) is 7.87. The number of carboxylic acids is 1. The smallest absolute Gasteiger partial charge is 0.426 e. The average Bonchev–Trinajstić information content (AvgIpc) is 3.18. The van der Waals surface area contributed by atoms with Gasteiger partial charge in [-0.3, -0.25) is 9.59 Å². The van der Waals surface area contributed by atoms with E-state index in [0.717, 1.165) is 25.8 Å². The molecule has 3 aliphatic rings. The van der Waals surface area contributed by atoms with Gasteiger partial charge in [0.1, 0.15) is 12.4 Å². The van der Waals surface area contributed by atoms with Crippen molar-refractivity contribution in [3.63, 3.8) is 0 Å². The van der Waals surface area contributed by atoms with Gasteiger partial charge in [0.2, 0.25) is 12.0 Å². The third-order valence-electron chi connectivity index (χ3n) is 7.14. The number of ether oxygens (including phenoxy) is 3. The fourth-order valence-corrected chi connectivity index (χ4v) is 5.29. The molecule has 4 rings (SSSR count). The minimum Gasteiger partial charge on any atom is -0.481 e. The Bertz CT molecular complexity index is 905. The van der Waals surface area contributed by atoms with E-state index in [0.29, 0.717) is 31.6 Å². The molecule has 1 aliphatic carbocycles. The van der Waals surface area contributed by atoms with Crippen molar-refractivity contribution in [3.8, 4) is 5.75 Å². The lowest BCUT2D eigenvalue weighted by molar-refractivity contribution is -0.200. The molecule has 1 aromatic carbocycles. The molecule has 1 spiro atoms. The molecule has 3 N–H and O–H groups in total. The summed E-state index contributed by atoms with van der Waals surface area (Å²) in [6.45, 7) is 1.72. The Morgan fingerprint density at radius 2 is 1.97 bits per heavy atom. The lowest BCUT2D eigenvalue weighted by Gasteiger charge is -2.39. The minimum atomic E-state index is -4.79. The number of carboxylic acid groups (broad SMARTS) is 1. The van der Waals surface area contributed by atoms with Gasteiger partial charge in [-0.25, -0.2) is 0 Å². The quantitative estimate of drug-likeness (QED) is 0.504. The van der Waals surface area contributed by atoms with Gasteiger partial charge < -0.3 is 30.0 Å². The molecule has 8 nitrogen and oxygen atoms in total. The zero-order chi connectivity index (χ0) is 25.1. The molecule has 0 aromatic heterocycles. The van der Waals surface area contributed by atoms with Gasteiger partial charge in [-0.1, -0.05) is 18.2 Å². The molecule has 0 radical (unpaired) electrons. The second-order valence-electron chi connectivity index (χ2n) is 9.54. The van der Waals surface area contributed by atoms with Gasteiger partial charge in [0.15, 0.2) is 0 Å². The maximum atomic E-state index is 13.3. The number of hydrogen-bond acceptors (Lipinski definition) is 6. The van der Waals surface area contributed by atoms with Gasteiger partial charge in [0.25, 0.3) is 0 Å². The monoisotopic (exact) mass is 500 g/mol. The van der Waals surface area contributed by atoms with Crippen molar-refractivity contribution < 1.29 is 42.1 Å². The first-order valence-electron chi connectivity index (χ1n) is 11.9. The highest BCUT2D eigenvalue weighted by molar-refractivity contribution is 5.79. The number of morpholine rings is 1. The second kappa shape index (κ2) is 10.7. The SMILES string of the molecule is O=C(O)CC(Oc1ccccc1C1CCC(OC[C@@H]2NCC[C@@]23COCC(=O)N3)CC1)C(F)(F)F. The third-order valence-corrected chi connectivity index (χ3v) is 7.14. The first kappa shape index (κ1) is 25.7. The van der Waals surface area contributed by atoms with E-state index in [2.05, 4.69) is 10.6 Å². The molecule has 11 heteroatoms. The fraction of sp³-hybridized carbons (Fsp3) is 0.667. The maximum absolute atomic E-state index is 13.3. The van der Waals surface area contributed by atoms with E-state index >= 15 is 0 Å². The molecule has 1 unspecified atom stereocenters. The number of hydrogen-bond donors (Lipinski definition) is 3. The number of benzene rings is 1. The van der Waals surface area contributed by atoms with Crippen molar-refractivity contribution in [2.24, 2.45) is 0 Å². The largest absolute Gasteiger partial charge is 0.481 e. The highest BCUT2D eigenvalue weighted by atomic mass is 19.4. The molecule has 1 saturated carbocycles. The molecular weight excluding hydrogens is 469 g/mol. The van der Waals surface area contributed by atoms with E-state index in [-0.39, 0.29) is 36.3 Å². The molecule has 2 saturated heterocycles. The second-order valence-corrected chi connectivity index (χ2v) is 9.54. The molecule has 35 heavy (non-hydrogen) atoms. The van der Waals surface area contributed by atoms with Crippen LogP contribution in [-0.4, -0.2) is 73.3 Å². The Morgan fingerprint density at radius 3 is 2.66 bits per heavy atom. The van der Waals surface area contributed by atoms with Crippen molar-refractivity contribution in [2.45, 2.75) is 74.4 Å². The van der Waals surface area contributed by atoms with Crippen LogP contribution in [0.25, 0.3) is 0 Å². The van der Waals surface area contributed by atoms with E-state index in [9.17, 15) is 22.8 Å². The van der Waals surface area contributed by atoms with E-state index < -0.39 is 30.2 Å². The van der Waals surface area contributed by atoms with Crippen molar-refractivity contribution in [1.29, 1.82) is 0 Å². The summed E-state index contributed by atoms with van der Waals surface area (Å²) in [6.07, 6.45) is -4.67. The summed E-state index contributed by atoms with van der Waals surface area (Å²) in [4.78, 5) is 22.8. The fourth-order valence-electron chi connectivity index (χ4n) is 5.29. The Labute approximate surface area is 201 Å². The van der Waals surface area contributed by atoms with Gasteiger partial charge in [0.05, 0.1) is 37.3 Å².